The maximum absolute atomic E-state index is 13.5. The van der Waals surface area contributed by atoms with Crippen molar-refractivity contribution in [2.24, 2.45) is 0 Å². The molecule has 0 bridgehead atoms. The highest BCUT2D eigenvalue weighted by molar-refractivity contribution is 7.80. The highest BCUT2D eigenvalue weighted by Crippen LogP contribution is 2.44. The summed E-state index contributed by atoms with van der Waals surface area (Å²) in [6.07, 6.45) is 2.15. The second-order valence-electron chi connectivity index (χ2n) is 10.7. The molecule has 1 saturated heterocycles. The van der Waals surface area contributed by atoms with Crippen LogP contribution in [0, 0.1) is 13.8 Å². The lowest BCUT2D eigenvalue weighted by molar-refractivity contribution is -0.137. The van der Waals surface area contributed by atoms with E-state index in [1.807, 2.05) is 66.9 Å². The minimum Gasteiger partial charge on any atom is -0.490 e. The van der Waals surface area contributed by atoms with Crippen LogP contribution in [-0.4, -0.2) is 20.8 Å². The maximum atomic E-state index is 13.5. The lowest BCUT2D eigenvalue weighted by Gasteiger charge is -2.28. The van der Waals surface area contributed by atoms with E-state index in [4.69, 9.17) is 17.0 Å². The number of halogens is 3. The average Bonchev–Trinajstić information content (AvgIpc) is 3.67. The van der Waals surface area contributed by atoms with Crippen LogP contribution in [0.25, 0.3) is 5.69 Å². The molecular formula is C32H31F3N4OS. The lowest BCUT2D eigenvalue weighted by Crippen LogP contribution is -2.29. The minimum atomic E-state index is -4.43. The third-order valence-electron chi connectivity index (χ3n) is 8.04. The number of hydrogen-bond donors (Lipinski definition) is 1. The van der Waals surface area contributed by atoms with Crippen molar-refractivity contribution in [2.75, 3.05) is 4.90 Å². The Morgan fingerprint density at radius 1 is 0.927 bits per heavy atom. The molecule has 1 saturated carbocycles. The van der Waals surface area contributed by atoms with Crippen molar-refractivity contribution < 1.29 is 17.9 Å². The Balaban J connectivity index is 1.41. The smallest absolute Gasteiger partial charge is 0.416 e. The Kier molecular flexibility index (Phi) is 7.23. The van der Waals surface area contributed by atoms with E-state index in [2.05, 4.69) is 15.2 Å². The number of thiocarbonyl (C=S) groups is 1. The second kappa shape index (κ2) is 10.9. The van der Waals surface area contributed by atoms with Gasteiger partial charge in [0.2, 0.25) is 0 Å². The van der Waals surface area contributed by atoms with E-state index in [1.54, 1.807) is 12.3 Å². The fourth-order valence-corrected chi connectivity index (χ4v) is 6.48. The first-order valence-electron chi connectivity index (χ1n) is 13.8. The summed E-state index contributed by atoms with van der Waals surface area (Å²) < 4.78 is 48.7. The molecule has 41 heavy (non-hydrogen) atoms. The van der Waals surface area contributed by atoms with Crippen LogP contribution in [0.2, 0.25) is 0 Å². The molecule has 0 unspecified atom stereocenters. The monoisotopic (exact) mass is 576 g/mol. The number of nitrogens with one attached hydrogen (secondary N) is 1. The van der Waals surface area contributed by atoms with E-state index in [1.165, 1.54) is 25.0 Å². The topological polar surface area (TPSA) is 42.3 Å². The third kappa shape index (κ3) is 5.30. The summed E-state index contributed by atoms with van der Waals surface area (Å²) in [6, 6.07) is 20.7. The number of aromatic nitrogens is 2. The van der Waals surface area contributed by atoms with Crippen LogP contribution in [0.3, 0.4) is 0 Å². The largest absolute Gasteiger partial charge is 0.490 e. The summed E-state index contributed by atoms with van der Waals surface area (Å²) in [4.78, 5) is 6.70. The van der Waals surface area contributed by atoms with Crippen molar-refractivity contribution in [3.05, 3.63) is 107 Å². The number of benzene rings is 2. The fraction of sp³-hybridized carbons (Fsp3) is 0.312. The van der Waals surface area contributed by atoms with E-state index >= 15 is 0 Å². The van der Waals surface area contributed by atoms with Gasteiger partial charge < -0.3 is 19.5 Å². The van der Waals surface area contributed by atoms with Gasteiger partial charge in [0.1, 0.15) is 5.75 Å². The molecule has 212 valence electrons. The third-order valence-corrected chi connectivity index (χ3v) is 8.35. The lowest BCUT2D eigenvalue weighted by atomic mass is 9.96. The normalized spacial score (nSPS) is 19.5. The molecule has 2 aromatic heterocycles. The van der Waals surface area contributed by atoms with Gasteiger partial charge in [-0.3, -0.25) is 4.98 Å². The number of alkyl halides is 3. The van der Waals surface area contributed by atoms with Gasteiger partial charge in [0.05, 0.1) is 29.4 Å². The zero-order valence-electron chi connectivity index (χ0n) is 22.9. The number of anilines is 1. The van der Waals surface area contributed by atoms with Gasteiger partial charge in [0.15, 0.2) is 5.11 Å². The highest BCUT2D eigenvalue weighted by atomic mass is 32.1. The van der Waals surface area contributed by atoms with Gasteiger partial charge in [-0.2, -0.15) is 13.2 Å². The molecule has 2 atom stereocenters. The van der Waals surface area contributed by atoms with Gasteiger partial charge in [-0.1, -0.05) is 12.1 Å². The van der Waals surface area contributed by atoms with Crippen LogP contribution in [0.1, 0.15) is 66.0 Å². The van der Waals surface area contributed by atoms with E-state index in [0.717, 1.165) is 53.0 Å². The van der Waals surface area contributed by atoms with Gasteiger partial charge in [-0.25, -0.2) is 0 Å². The SMILES string of the molecule is Cc1cc([C@H]2[C@H](c3ccccn3)NC(=S)N2c2ccc(OC3CCCC3)cc2)c(C)n1-c1cccc(C(F)(F)F)c1. The van der Waals surface area contributed by atoms with Crippen LogP contribution >= 0.6 is 12.2 Å². The number of rotatable bonds is 6. The van der Waals surface area contributed by atoms with Crippen molar-refractivity contribution in [1.29, 1.82) is 0 Å². The van der Waals surface area contributed by atoms with Gasteiger partial charge in [-0.05, 0) is 118 Å². The summed E-state index contributed by atoms with van der Waals surface area (Å²) in [5, 5.41) is 4.03. The summed E-state index contributed by atoms with van der Waals surface area (Å²) in [5.41, 5.74) is 4.12. The Morgan fingerprint density at radius 2 is 1.68 bits per heavy atom. The molecule has 2 aromatic carbocycles. The average molecular weight is 577 g/mol. The van der Waals surface area contributed by atoms with Crippen LogP contribution in [0.15, 0.2) is 79.0 Å². The summed E-state index contributed by atoms with van der Waals surface area (Å²) >= 11 is 5.88. The van der Waals surface area contributed by atoms with Crippen molar-refractivity contribution in [2.45, 2.75) is 63.9 Å². The molecule has 5 nitrogen and oxygen atoms in total. The molecule has 6 rings (SSSR count). The predicted molar refractivity (Wildman–Crippen MR) is 158 cm³/mol. The van der Waals surface area contributed by atoms with E-state index < -0.39 is 11.7 Å². The molecule has 1 N–H and O–H groups in total. The Hall–Kier alpha value is -3.85. The molecule has 4 aromatic rings. The fourth-order valence-electron chi connectivity index (χ4n) is 6.14. The number of nitrogens with zero attached hydrogens (tertiary/aromatic N) is 3. The van der Waals surface area contributed by atoms with Crippen LogP contribution in [-0.2, 0) is 6.18 Å². The Bertz CT molecular complexity index is 1550. The predicted octanol–water partition coefficient (Wildman–Crippen LogP) is 8.01. The van der Waals surface area contributed by atoms with Crippen molar-refractivity contribution in [3.8, 4) is 11.4 Å². The molecule has 3 heterocycles. The van der Waals surface area contributed by atoms with Crippen LogP contribution in [0.5, 0.6) is 5.75 Å². The zero-order valence-corrected chi connectivity index (χ0v) is 23.7. The van der Waals surface area contributed by atoms with Crippen molar-refractivity contribution in [1.82, 2.24) is 14.9 Å². The van der Waals surface area contributed by atoms with E-state index in [9.17, 15) is 13.2 Å². The quantitative estimate of drug-likeness (QED) is 0.236. The molecule has 1 aliphatic heterocycles. The number of hydrogen-bond acceptors (Lipinski definition) is 3. The van der Waals surface area contributed by atoms with E-state index in [-0.39, 0.29) is 18.2 Å². The zero-order chi connectivity index (χ0) is 28.7. The van der Waals surface area contributed by atoms with Gasteiger partial charge in [0, 0.05) is 29.0 Å². The highest BCUT2D eigenvalue weighted by Gasteiger charge is 2.42. The molecule has 9 heteroatoms. The Labute approximate surface area is 243 Å². The summed E-state index contributed by atoms with van der Waals surface area (Å²) in [6.45, 7) is 3.85. The standard InChI is InChI=1S/C32H31F3N4OS/c1-20-18-27(21(2)38(20)24-9-7-8-22(19-24)32(33,34)35)30-29(28-12-5-6-17-36-28)37-31(41)39(30)23-13-15-26(16-14-23)40-25-10-3-4-11-25/h5-9,12-19,25,29-30H,3-4,10-11H2,1-2H3,(H,37,41)/t29-,30-/m0/s1. The first-order valence-corrected chi connectivity index (χ1v) is 14.3. The van der Waals surface area contributed by atoms with E-state index in [0.29, 0.717) is 10.8 Å². The van der Waals surface area contributed by atoms with Gasteiger partial charge in [-0.15, -0.1) is 0 Å². The van der Waals surface area contributed by atoms with Crippen molar-refractivity contribution >= 4 is 23.0 Å². The molecule has 1 aliphatic carbocycles. The first-order chi connectivity index (χ1) is 19.7. The number of pyridine rings is 1. The minimum absolute atomic E-state index is 0.262. The molecule has 2 fully saturated rings. The first kappa shape index (κ1) is 27.3. The Morgan fingerprint density at radius 3 is 2.37 bits per heavy atom. The summed E-state index contributed by atoms with van der Waals surface area (Å²) in [5.74, 6) is 0.833. The molecule has 0 spiro atoms. The second-order valence-corrected chi connectivity index (χ2v) is 11.1. The van der Waals surface area contributed by atoms with Gasteiger partial charge >= 0.3 is 6.18 Å². The number of ether oxygens (including phenoxy) is 1. The maximum Gasteiger partial charge on any atom is 0.416 e. The van der Waals surface area contributed by atoms with Crippen LogP contribution in [0.4, 0.5) is 18.9 Å². The number of aryl methyl sites for hydroxylation is 1. The molecule has 0 radical (unpaired) electrons. The van der Waals surface area contributed by atoms with Gasteiger partial charge in [0.25, 0.3) is 0 Å². The molecular weight excluding hydrogens is 545 g/mol. The molecule has 2 aliphatic rings. The summed E-state index contributed by atoms with van der Waals surface area (Å²) in [7, 11) is 0. The molecule has 0 amide bonds. The van der Waals surface area contributed by atoms with Crippen LogP contribution < -0.4 is 15.0 Å². The van der Waals surface area contributed by atoms with Crippen molar-refractivity contribution in [3.63, 3.8) is 0 Å².